The number of hydrogen-bond acceptors (Lipinski definition) is 2. The van der Waals surface area contributed by atoms with E-state index in [4.69, 9.17) is 4.74 Å². The van der Waals surface area contributed by atoms with Gasteiger partial charge in [-0.05, 0) is 28.8 Å². The minimum absolute atomic E-state index is 0.405. The predicted molar refractivity (Wildman–Crippen MR) is 51.6 cm³/mol. The lowest BCUT2D eigenvalue weighted by atomic mass is 10.1. The standard InChI is InChI=1S/C11H12O2/c1-7-5-11(12)10-6-8(13-2)3-4-9(7)10/h3-4,6,11-12H,1,5H2,2H3. The molecule has 0 saturated carbocycles. The molecule has 0 saturated heterocycles. The number of methoxy groups -OCH3 is 1. The summed E-state index contributed by atoms with van der Waals surface area (Å²) < 4.78 is 5.08. The number of hydrogen-bond donors (Lipinski definition) is 1. The van der Waals surface area contributed by atoms with Crippen molar-refractivity contribution in [3.8, 4) is 5.75 Å². The highest BCUT2D eigenvalue weighted by atomic mass is 16.5. The van der Waals surface area contributed by atoms with Crippen LogP contribution in [0, 0.1) is 0 Å². The Morgan fingerprint density at radius 1 is 1.54 bits per heavy atom. The van der Waals surface area contributed by atoms with Gasteiger partial charge >= 0.3 is 0 Å². The van der Waals surface area contributed by atoms with E-state index in [1.54, 1.807) is 7.11 Å². The number of benzene rings is 1. The molecule has 1 atom stereocenters. The van der Waals surface area contributed by atoms with Crippen molar-refractivity contribution in [2.24, 2.45) is 0 Å². The summed E-state index contributed by atoms with van der Waals surface area (Å²) in [6, 6.07) is 5.72. The fourth-order valence-electron chi connectivity index (χ4n) is 1.72. The Morgan fingerprint density at radius 2 is 2.31 bits per heavy atom. The van der Waals surface area contributed by atoms with Crippen molar-refractivity contribution in [2.45, 2.75) is 12.5 Å². The van der Waals surface area contributed by atoms with Crippen LogP contribution in [-0.2, 0) is 0 Å². The quantitative estimate of drug-likeness (QED) is 0.710. The summed E-state index contributed by atoms with van der Waals surface area (Å²) in [5.74, 6) is 0.785. The molecule has 0 bridgehead atoms. The van der Waals surface area contributed by atoms with Gasteiger partial charge in [-0.3, -0.25) is 0 Å². The second kappa shape index (κ2) is 2.89. The molecule has 0 fully saturated rings. The summed E-state index contributed by atoms with van der Waals surface area (Å²) in [5, 5.41) is 9.66. The van der Waals surface area contributed by atoms with Crippen LogP contribution in [-0.4, -0.2) is 12.2 Å². The molecule has 0 radical (unpaired) electrons. The summed E-state index contributed by atoms with van der Waals surface area (Å²) in [6.45, 7) is 3.90. The normalized spacial score (nSPS) is 20.2. The minimum atomic E-state index is -0.405. The maximum absolute atomic E-state index is 9.66. The van der Waals surface area contributed by atoms with Crippen molar-refractivity contribution in [3.05, 3.63) is 35.9 Å². The van der Waals surface area contributed by atoms with Crippen LogP contribution in [0.25, 0.3) is 5.57 Å². The molecule has 1 aliphatic carbocycles. The van der Waals surface area contributed by atoms with Crippen LogP contribution in [0.15, 0.2) is 24.8 Å². The van der Waals surface area contributed by atoms with E-state index in [2.05, 4.69) is 6.58 Å². The van der Waals surface area contributed by atoms with Crippen LogP contribution in [0.2, 0.25) is 0 Å². The molecule has 0 heterocycles. The molecule has 1 N–H and O–H groups in total. The van der Waals surface area contributed by atoms with Crippen LogP contribution < -0.4 is 4.74 Å². The van der Waals surface area contributed by atoms with Gasteiger partial charge in [0.05, 0.1) is 13.2 Å². The van der Waals surface area contributed by atoms with E-state index in [9.17, 15) is 5.11 Å². The fourth-order valence-corrected chi connectivity index (χ4v) is 1.72. The first kappa shape index (κ1) is 8.32. The van der Waals surface area contributed by atoms with E-state index >= 15 is 0 Å². The lowest BCUT2D eigenvalue weighted by molar-refractivity contribution is 0.190. The number of rotatable bonds is 1. The van der Waals surface area contributed by atoms with Gasteiger partial charge in [-0.2, -0.15) is 0 Å². The number of aliphatic hydroxyl groups excluding tert-OH is 1. The molecule has 2 nitrogen and oxygen atoms in total. The first-order chi connectivity index (χ1) is 6.22. The molecule has 2 rings (SSSR count). The third-order valence-corrected chi connectivity index (χ3v) is 2.44. The Labute approximate surface area is 77.5 Å². The summed E-state index contributed by atoms with van der Waals surface area (Å²) in [5.41, 5.74) is 3.00. The van der Waals surface area contributed by atoms with E-state index in [0.717, 1.165) is 22.4 Å². The molecule has 0 spiro atoms. The van der Waals surface area contributed by atoms with Crippen LogP contribution in [0.4, 0.5) is 0 Å². The SMILES string of the molecule is C=C1CC(O)c2cc(OC)ccc21. The largest absolute Gasteiger partial charge is 0.497 e. The van der Waals surface area contributed by atoms with E-state index in [1.807, 2.05) is 18.2 Å². The van der Waals surface area contributed by atoms with Gasteiger partial charge in [0, 0.05) is 6.42 Å². The zero-order valence-electron chi connectivity index (χ0n) is 7.58. The molecule has 0 aliphatic heterocycles. The average Bonchev–Trinajstić information content (AvgIpc) is 2.42. The lowest BCUT2D eigenvalue weighted by Crippen LogP contribution is -1.91. The maximum atomic E-state index is 9.66. The highest BCUT2D eigenvalue weighted by Crippen LogP contribution is 2.39. The van der Waals surface area contributed by atoms with Crippen LogP contribution in [0.5, 0.6) is 5.75 Å². The first-order valence-corrected chi connectivity index (χ1v) is 4.26. The topological polar surface area (TPSA) is 29.5 Å². The third kappa shape index (κ3) is 1.23. The Balaban J connectivity index is 2.52. The Morgan fingerprint density at radius 3 is 3.00 bits per heavy atom. The van der Waals surface area contributed by atoms with E-state index in [-0.39, 0.29) is 0 Å². The van der Waals surface area contributed by atoms with Gasteiger partial charge in [0.25, 0.3) is 0 Å². The molecule has 1 aliphatic rings. The summed E-state index contributed by atoms with van der Waals surface area (Å²) in [7, 11) is 1.62. The molecular formula is C11H12O2. The van der Waals surface area contributed by atoms with Gasteiger partial charge in [0.1, 0.15) is 5.75 Å². The minimum Gasteiger partial charge on any atom is -0.497 e. The Kier molecular flexibility index (Phi) is 1.85. The first-order valence-electron chi connectivity index (χ1n) is 4.26. The van der Waals surface area contributed by atoms with E-state index in [0.29, 0.717) is 6.42 Å². The van der Waals surface area contributed by atoms with Crippen molar-refractivity contribution >= 4 is 5.57 Å². The van der Waals surface area contributed by atoms with Crippen LogP contribution in [0.1, 0.15) is 23.7 Å². The lowest BCUT2D eigenvalue weighted by Gasteiger charge is -2.05. The highest BCUT2D eigenvalue weighted by molar-refractivity contribution is 5.72. The van der Waals surface area contributed by atoms with Gasteiger partial charge < -0.3 is 9.84 Å². The van der Waals surface area contributed by atoms with Gasteiger partial charge in [0.2, 0.25) is 0 Å². The molecule has 1 unspecified atom stereocenters. The van der Waals surface area contributed by atoms with Crippen molar-refractivity contribution in [3.63, 3.8) is 0 Å². The molecule has 2 heteroatoms. The molecule has 0 aromatic heterocycles. The van der Waals surface area contributed by atoms with Gasteiger partial charge in [0.15, 0.2) is 0 Å². The molecule has 1 aromatic rings. The zero-order chi connectivity index (χ0) is 9.42. The maximum Gasteiger partial charge on any atom is 0.119 e. The molecule has 1 aromatic carbocycles. The zero-order valence-corrected chi connectivity index (χ0v) is 7.58. The molecule has 0 amide bonds. The van der Waals surface area contributed by atoms with Crippen molar-refractivity contribution in [2.75, 3.05) is 7.11 Å². The monoisotopic (exact) mass is 176 g/mol. The summed E-state index contributed by atoms with van der Waals surface area (Å²) >= 11 is 0. The van der Waals surface area contributed by atoms with Gasteiger partial charge in [-0.1, -0.05) is 12.6 Å². The molecule has 68 valence electrons. The third-order valence-electron chi connectivity index (χ3n) is 2.44. The number of aliphatic hydroxyl groups is 1. The summed E-state index contributed by atoms with van der Waals surface area (Å²) in [4.78, 5) is 0. The predicted octanol–water partition coefficient (Wildman–Crippen LogP) is 2.15. The Bertz CT molecular complexity index is 355. The average molecular weight is 176 g/mol. The second-order valence-corrected chi connectivity index (χ2v) is 3.28. The molecular weight excluding hydrogens is 164 g/mol. The second-order valence-electron chi connectivity index (χ2n) is 3.28. The van der Waals surface area contributed by atoms with Gasteiger partial charge in [-0.15, -0.1) is 0 Å². The van der Waals surface area contributed by atoms with E-state index in [1.165, 1.54) is 0 Å². The van der Waals surface area contributed by atoms with Crippen LogP contribution in [0.3, 0.4) is 0 Å². The Hall–Kier alpha value is -1.28. The molecule has 13 heavy (non-hydrogen) atoms. The van der Waals surface area contributed by atoms with Crippen LogP contribution >= 0.6 is 0 Å². The van der Waals surface area contributed by atoms with Gasteiger partial charge in [-0.25, -0.2) is 0 Å². The van der Waals surface area contributed by atoms with Crippen molar-refractivity contribution in [1.29, 1.82) is 0 Å². The van der Waals surface area contributed by atoms with E-state index < -0.39 is 6.10 Å². The number of ether oxygens (including phenoxy) is 1. The van der Waals surface area contributed by atoms with Crippen molar-refractivity contribution < 1.29 is 9.84 Å². The van der Waals surface area contributed by atoms with Crippen molar-refractivity contribution in [1.82, 2.24) is 0 Å². The smallest absolute Gasteiger partial charge is 0.119 e. The number of fused-ring (bicyclic) bond motifs is 1. The summed E-state index contributed by atoms with van der Waals surface area (Å²) in [6.07, 6.45) is 0.236. The highest BCUT2D eigenvalue weighted by Gasteiger charge is 2.23. The fraction of sp³-hybridized carbons (Fsp3) is 0.273.